The van der Waals surface area contributed by atoms with Gasteiger partial charge >= 0.3 is 0 Å². The van der Waals surface area contributed by atoms with E-state index in [4.69, 9.17) is 11.7 Å². The second-order valence-corrected chi connectivity index (χ2v) is 3.63. The van der Waals surface area contributed by atoms with Crippen molar-refractivity contribution in [3.8, 4) is 0 Å². The van der Waals surface area contributed by atoms with E-state index in [0.717, 1.165) is 12.8 Å². The summed E-state index contributed by atoms with van der Waals surface area (Å²) in [4.78, 5) is 24.1. The van der Waals surface area contributed by atoms with E-state index in [0.29, 0.717) is 13.1 Å². The van der Waals surface area contributed by atoms with Crippen molar-refractivity contribution in [2.45, 2.75) is 12.8 Å². The molecule has 1 rings (SSSR count). The molecule has 6 N–H and O–H groups in total. The molecule has 1 saturated heterocycles. The molecule has 0 aromatic rings. The highest BCUT2D eigenvalue weighted by Gasteiger charge is 2.24. The minimum absolute atomic E-state index is 0.0350. The fourth-order valence-corrected chi connectivity index (χ4v) is 1.72. The van der Waals surface area contributed by atoms with Crippen molar-refractivity contribution in [2.24, 2.45) is 17.6 Å². The Balaban J connectivity index is 2.29. The molecule has 7 heteroatoms. The zero-order valence-corrected chi connectivity index (χ0v) is 8.53. The summed E-state index contributed by atoms with van der Waals surface area (Å²) in [6.45, 7) is 1.71. The summed E-state index contributed by atoms with van der Waals surface area (Å²) >= 11 is 0. The fraction of sp³-hybridized carbons (Fsp3) is 0.750. The molecule has 0 radical (unpaired) electrons. The van der Waals surface area contributed by atoms with Crippen molar-refractivity contribution in [1.29, 1.82) is 0 Å². The lowest BCUT2D eigenvalue weighted by atomic mass is 9.96. The van der Waals surface area contributed by atoms with Crippen LogP contribution in [0.15, 0.2) is 0 Å². The number of amides is 2. The standard InChI is InChI=1S/C8H17N5O2/c9-11-7(14)5-13-3-1-6(2-4-13)8(15)12-10/h6H,1-5,9-10H2,(H,11,14)(H,12,15). The third-order valence-electron chi connectivity index (χ3n) is 2.63. The van der Waals surface area contributed by atoms with Gasteiger partial charge in [0, 0.05) is 5.92 Å². The van der Waals surface area contributed by atoms with E-state index in [1.54, 1.807) is 0 Å². The Bertz CT molecular complexity index is 237. The van der Waals surface area contributed by atoms with Gasteiger partial charge in [0.1, 0.15) is 0 Å². The van der Waals surface area contributed by atoms with Crippen molar-refractivity contribution in [3.63, 3.8) is 0 Å². The normalized spacial score (nSPS) is 18.5. The number of carbonyl (C=O) groups is 2. The molecule has 1 fully saturated rings. The number of hydrazine groups is 2. The van der Waals surface area contributed by atoms with Crippen molar-refractivity contribution in [1.82, 2.24) is 15.8 Å². The quantitative estimate of drug-likeness (QED) is 0.240. The lowest BCUT2D eigenvalue weighted by molar-refractivity contribution is -0.126. The molecule has 0 saturated carbocycles. The van der Waals surface area contributed by atoms with Crippen molar-refractivity contribution < 1.29 is 9.59 Å². The topological polar surface area (TPSA) is 113 Å². The van der Waals surface area contributed by atoms with Crippen LogP contribution in [0.4, 0.5) is 0 Å². The number of likely N-dealkylation sites (tertiary alicyclic amines) is 1. The Labute approximate surface area is 88.1 Å². The molecule has 1 aliphatic rings. The zero-order chi connectivity index (χ0) is 11.3. The van der Waals surface area contributed by atoms with Crippen LogP contribution in [0.2, 0.25) is 0 Å². The van der Waals surface area contributed by atoms with E-state index < -0.39 is 0 Å². The molecule has 0 aromatic carbocycles. The molecule has 86 valence electrons. The number of nitrogens with two attached hydrogens (primary N) is 2. The van der Waals surface area contributed by atoms with Gasteiger partial charge in [-0.1, -0.05) is 0 Å². The summed E-state index contributed by atoms with van der Waals surface area (Å²) in [6, 6.07) is 0. The van der Waals surface area contributed by atoms with Gasteiger partial charge < -0.3 is 0 Å². The summed E-state index contributed by atoms with van der Waals surface area (Å²) in [5, 5.41) is 0. The Hall–Kier alpha value is -1.18. The number of nitrogens with one attached hydrogen (secondary N) is 2. The molecule has 0 aromatic heterocycles. The molecule has 15 heavy (non-hydrogen) atoms. The van der Waals surface area contributed by atoms with Gasteiger partial charge in [-0.05, 0) is 25.9 Å². The van der Waals surface area contributed by atoms with Crippen LogP contribution in [0, 0.1) is 5.92 Å². The number of piperidine rings is 1. The predicted molar refractivity (Wildman–Crippen MR) is 53.8 cm³/mol. The number of hydrogen-bond acceptors (Lipinski definition) is 5. The maximum absolute atomic E-state index is 11.2. The molecule has 0 spiro atoms. The molecule has 0 aliphatic carbocycles. The number of rotatable bonds is 3. The van der Waals surface area contributed by atoms with Gasteiger partial charge in [0.25, 0.3) is 0 Å². The molecule has 0 bridgehead atoms. The number of carbonyl (C=O) groups excluding carboxylic acids is 2. The number of hydrogen-bond donors (Lipinski definition) is 4. The van der Waals surface area contributed by atoms with Crippen molar-refractivity contribution >= 4 is 11.8 Å². The van der Waals surface area contributed by atoms with Gasteiger partial charge in [-0.3, -0.25) is 25.3 Å². The van der Waals surface area contributed by atoms with E-state index in [2.05, 4.69) is 10.9 Å². The van der Waals surface area contributed by atoms with Gasteiger partial charge in [0.05, 0.1) is 6.54 Å². The Morgan fingerprint density at radius 2 is 1.80 bits per heavy atom. The monoisotopic (exact) mass is 215 g/mol. The van der Waals surface area contributed by atoms with Crippen LogP contribution >= 0.6 is 0 Å². The van der Waals surface area contributed by atoms with E-state index in [9.17, 15) is 9.59 Å². The SMILES string of the molecule is NNC(=O)CN1CCC(C(=O)NN)CC1. The van der Waals surface area contributed by atoms with Crippen LogP contribution in [0.5, 0.6) is 0 Å². The largest absolute Gasteiger partial charge is 0.294 e. The van der Waals surface area contributed by atoms with Crippen LogP contribution in [0.25, 0.3) is 0 Å². The van der Waals surface area contributed by atoms with E-state index >= 15 is 0 Å². The van der Waals surface area contributed by atoms with Gasteiger partial charge in [0.2, 0.25) is 11.8 Å². The average Bonchev–Trinajstić information content (AvgIpc) is 2.29. The number of nitrogens with zero attached hydrogens (tertiary/aromatic N) is 1. The van der Waals surface area contributed by atoms with Gasteiger partial charge in [0.15, 0.2) is 0 Å². The molecule has 1 aliphatic heterocycles. The highest BCUT2D eigenvalue weighted by molar-refractivity contribution is 5.78. The first-order chi connectivity index (χ1) is 7.17. The summed E-state index contributed by atoms with van der Waals surface area (Å²) in [5.74, 6) is 9.65. The first kappa shape index (κ1) is 11.9. The lowest BCUT2D eigenvalue weighted by Gasteiger charge is -2.30. The minimum Gasteiger partial charge on any atom is -0.294 e. The Morgan fingerprint density at radius 3 is 2.27 bits per heavy atom. The maximum atomic E-state index is 11.2. The van der Waals surface area contributed by atoms with Gasteiger partial charge in [-0.25, -0.2) is 11.7 Å². The smallest absolute Gasteiger partial charge is 0.248 e. The fourth-order valence-electron chi connectivity index (χ4n) is 1.72. The zero-order valence-electron chi connectivity index (χ0n) is 8.53. The third kappa shape index (κ3) is 3.46. The average molecular weight is 215 g/mol. The maximum Gasteiger partial charge on any atom is 0.248 e. The van der Waals surface area contributed by atoms with Crippen LogP contribution < -0.4 is 22.5 Å². The molecular formula is C8H17N5O2. The van der Waals surface area contributed by atoms with E-state index in [-0.39, 0.29) is 24.3 Å². The molecular weight excluding hydrogens is 198 g/mol. The van der Waals surface area contributed by atoms with Crippen LogP contribution in [-0.2, 0) is 9.59 Å². The molecule has 2 amide bonds. The molecule has 0 atom stereocenters. The van der Waals surface area contributed by atoms with Crippen LogP contribution in [-0.4, -0.2) is 36.3 Å². The molecule has 7 nitrogen and oxygen atoms in total. The Morgan fingerprint density at radius 1 is 1.20 bits per heavy atom. The summed E-state index contributed by atoms with van der Waals surface area (Å²) < 4.78 is 0. The molecule has 0 unspecified atom stereocenters. The summed E-state index contributed by atoms with van der Waals surface area (Å²) in [5.41, 5.74) is 4.22. The van der Waals surface area contributed by atoms with E-state index in [1.807, 2.05) is 4.90 Å². The van der Waals surface area contributed by atoms with Crippen molar-refractivity contribution in [2.75, 3.05) is 19.6 Å². The first-order valence-electron chi connectivity index (χ1n) is 4.89. The highest BCUT2D eigenvalue weighted by atomic mass is 16.2. The van der Waals surface area contributed by atoms with Crippen LogP contribution in [0.3, 0.4) is 0 Å². The van der Waals surface area contributed by atoms with Crippen molar-refractivity contribution in [3.05, 3.63) is 0 Å². The third-order valence-corrected chi connectivity index (χ3v) is 2.63. The Kier molecular flexibility index (Phi) is 4.47. The van der Waals surface area contributed by atoms with Gasteiger partial charge in [-0.2, -0.15) is 0 Å². The minimum atomic E-state index is -0.211. The summed E-state index contributed by atoms with van der Waals surface area (Å²) in [7, 11) is 0. The second kappa shape index (κ2) is 5.64. The second-order valence-electron chi connectivity index (χ2n) is 3.63. The summed E-state index contributed by atoms with van der Waals surface area (Å²) in [6.07, 6.45) is 1.45. The highest BCUT2D eigenvalue weighted by Crippen LogP contribution is 2.16. The molecule has 1 heterocycles. The predicted octanol–water partition coefficient (Wildman–Crippen LogP) is -2.32. The first-order valence-corrected chi connectivity index (χ1v) is 4.89. The van der Waals surface area contributed by atoms with E-state index in [1.165, 1.54) is 0 Å². The van der Waals surface area contributed by atoms with Gasteiger partial charge in [-0.15, -0.1) is 0 Å². The van der Waals surface area contributed by atoms with Crippen LogP contribution in [0.1, 0.15) is 12.8 Å². The lowest BCUT2D eigenvalue weighted by Crippen LogP contribution is -2.46.